The van der Waals surface area contributed by atoms with E-state index in [1.165, 1.54) is 12.1 Å². The van der Waals surface area contributed by atoms with Gasteiger partial charge in [0.1, 0.15) is 0 Å². The minimum Gasteiger partial charge on any atom is -0.493 e. The van der Waals surface area contributed by atoms with Crippen molar-refractivity contribution in [2.24, 2.45) is 0 Å². The van der Waals surface area contributed by atoms with E-state index in [9.17, 15) is 10.1 Å². The summed E-state index contributed by atoms with van der Waals surface area (Å²) in [5, 5.41) is 29.3. The number of halogens is 1. The molecule has 3 aromatic carbocycles. The van der Waals surface area contributed by atoms with E-state index in [4.69, 9.17) is 9.47 Å². The fourth-order valence-electron chi connectivity index (χ4n) is 3.49. The third-order valence-electron chi connectivity index (χ3n) is 5.44. The molecule has 0 unspecified atom stereocenters. The summed E-state index contributed by atoms with van der Waals surface area (Å²) >= 11 is 0. The number of nitro groups is 1. The number of nitro benzene ring substituents is 1. The molecule has 0 amide bonds. The Kier molecular flexibility index (Phi) is 9.76. The van der Waals surface area contributed by atoms with Crippen LogP contribution in [0.5, 0.6) is 11.5 Å². The van der Waals surface area contributed by atoms with Gasteiger partial charge in [-0.05, 0) is 59.3 Å². The van der Waals surface area contributed by atoms with Crippen LogP contribution in [-0.2, 0) is 13.2 Å². The molecule has 1 heterocycles. The zero-order valence-corrected chi connectivity index (χ0v) is 21.3. The fourth-order valence-corrected chi connectivity index (χ4v) is 3.49. The molecule has 2 N–H and O–H groups in total. The van der Waals surface area contributed by atoms with Crippen molar-refractivity contribution in [2.75, 3.05) is 25.5 Å². The molecule has 0 aliphatic heterocycles. The number of benzene rings is 3. The number of nitrogens with one attached hydrogen (secondary N) is 2. The van der Waals surface area contributed by atoms with Crippen LogP contribution in [0, 0.1) is 17.0 Å². The molecule has 0 fully saturated rings. The summed E-state index contributed by atoms with van der Waals surface area (Å²) in [6.07, 6.45) is 0. The SMILES string of the molecule is COc1cc(CNCCNc2ccc([N+](=O)[O-])cc2)ccc1OCc1nnnn1-c1ccc(C)cc1.Cl. The van der Waals surface area contributed by atoms with E-state index in [0.29, 0.717) is 37.0 Å². The lowest BCUT2D eigenvalue weighted by atomic mass is 10.2. The van der Waals surface area contributed by atoms with Gasteiger partial charge in [0.15, 0.2) is 23.9 Å². The zero-order chi connectivity index (χ0) is 25.3. The Bertz CT molecular complexity index is 1300. The van der Waals surface area contributed by atoms with E-state index < -0.39 is 4.92 Å². The van der Waals surface area contributed by atoms with Gasteiger partial charge in [0, 0.05) is 37.5 Å². The highest BCUT2D eigenvalue weighted by Crippen LogP contribution is 2.29. The molecule has 11 nitrogen and oxygen atoms in total. The van der Waals surface area contributed by atoms with E-state index in [-0.39, 0.29) is 24.7 Å². The van der Waals surface area contributed by atoms with Crippen molar-refractivity contribution in [3.8, 4) is 17.2 Å². The van der Waals surface area contributed by atoms with Crippen LogP contribution in [0.3, 0.4) is 0 Å². The highest BCUT2D eigenvalue weighted by Gasteiger charge is 2.12. The van der Waals surface area contributed by atoms with Crippen LogP contribution in [0.25, 0.3) is 5.69 Å². The Morgan fingerprint density at radius 1 is 1.00 bits per heavy atom. The molecule has 37 heavy (non-hydrogen) atoms. The monoisotopic (exact) mass is 525 g/mol. The first kappa shape index (κ1) is 27.4. The molecule has 194 valence electrons. The van der Waals surface area contributed by atoms with Crippen molar-refractivity contribution in [2.45, 2.75) is 20.1 Å². The molecule has 12 heteroatoms. The average Bonchev–Trinajstić information content (AvgIpc) is 3.37. The molecule has 0 radical (unpaired) electrons. The van der Waals surface area contributed by atoms with Gasteiger partial charge in [-0.25, -0.2) is 0 Å². The van der Waals surface area contributed by atoms with Crippen LogP contribution in [0.2, 0.25) is 0 Å². The highest BCUT2D eigenvalue weighted by atomic mass is 35.5. The second kappa shape index (κ2) is 13.2. The van der Waals surface area contributed by atoms with Gasteiger partial charge in [-0.15, -0.1) is 17.5 Å². The minimum atomic E-state index is -0.412. The Hall–Kier alpha value is -4.22. The van der Waals surface area contributed by atoms with Crippen LogP contribution < -0.4 is 20.1 Å². The number of aromatic nitrogens is 4. The van der Waals surface area contributed by atoms with Crippen LogP contribution in [0.1, 0.15) is 17.0 Å². The lowest BCUT2D eigenvalue weighted by molar-refractivity contribution is -0.384. The third kappa shape index (κ3) is 7.38. The van der Waals surface area contributed by atoms with Crippen molar-refractivity contribution >= 4 is 23.8 Å². The lowest BCUT2D eigenvalue weighted by Gasteiger charge is -2.13. The number of hydrogen-bond acceptors (Lipinski definition) is 9. The minimum absolute atomic E-state index is 0. The molecule has 4 aromatic rings. The lowest BCUT2D eigenvalue weighted by Crippen LogP contribution is -2.21. The summed E-state index contributed by atoms with van der Waals surface area (Å²) in [6.45, 7) is 4.23. The first-order valence-corrected chi connectivity index (χ1v) is 11.4. The summed E-state index contributed by atoms with van der Waals surface area (Å²) < 4.78 is 13.1. The second-order valence-electron chi connectivity index (χ2n) is 8.02. The van der Waals surface area contributed by atoms with Gasteiger partial charge in [-0.1, -0.05) is 23.8 Å². The molecule has 0 aliphatic carbocycles. The highest BCUT2D eigenvalue weighted by molar-refractivity contribution is 5.85. The van der Waals surface area contributed by atoms with E-state index in [2.05, 4.69) is 26.2 Å². The molecule has 0 aliphatic rings. The van der Waals surface area contributed by atoms with Gasteiger partial charge in [0.2, 0.25) is 0 Å². The number of anilines is 1. The third-order valence-corrected chi connectivity index (χ3v) is 5.44. The second-order valence-corrected chi connectivity index (χ2v) is 8.02. The molecule has 0 bridgehead atoms. The van der Waals surface area contributed by atoms with Gasteiger partial charge < -0.3 is 20.1 Å². The Morgan fingerprint density at radius 2 is 1.76 bits per heavy atom. The molecule has 0 saturated carbocycles. The fraction of sp³-hybridized carbons (Fsp3) is 0.240. The molecule has 4 rings (SSSR count). The molecule has 0 spiro atoms. The number of ether oxygens (including phenoxy) is 2. The topological polar surface area (TPSA) is 129 Å². The van der Waals surface area contributed by atoms with Crippen molar-refractivity contribution in [3.05, 3.63) is 93.8 Å². The molecule has 1 aromatic heterocycles. The number of nitrogens with zero attached hydrogens (tertiary/aromatic N) is 5. The van der Waals surface area contributed by atoms with Crippen molar-refractivity contribution in [3.63, 3.8) is 0 Å². The number of aryl methyl sites for hydroxylation is 1. The Labute approximate surface area is 220 Å². The van der Waals surface area contributed by atoms with Crippen molar-refractivity contribution < 1.29 is 14.4 Å². The predicted octanol–water partition coefficient (Wildman–Crippen LogP) is 4.09. The maximum Gasteiger partial charge on any atom is 0.269 e. The summed E-state index contributed by atoms with van der Waals surface area (Å²) in [7, 11) is 1.60. The van der Waals surface area contributed by atoms with Crippen LogP contribution >= 0.6 is 12.4 Å². The smallest absolute Gasteiger partial charge is 0.269 e. The molecule has 0 atom stereocenters. The van der Waals surface area contributed by atoms with E-state index >= 15 is 0 Å². The average molecular weight is 526 g/mol. The first-order chi connectivity index (χ1) is 17.5. The maximum atomic E-state index is 10.7. The summed E-state index contributed by atoms with van der Waals surface area (Å²) in [5.41, 5.74) is 3.97. The van der Waals surface area contributed by atoms with E-state index in [1.54, 1.807) is 23.9 Å². The van der Waals surface area contributed by atoms with Crippen molar-refractivity contribution in [1.82, 2.24) is 25.5 Å². The van der Waals surface area contributed by atoms with Gasteiger partial charge in [-0.2, -0.15) is 4.68 Å². The van der Waals surface area contributed by atoms with E-state index in [1.807, 2.05) is 49.4 Å². The first-order valence-electron chi connectivity index (χ1n) is 11.4. The molecule has 0 saturated heterocycles. The van der Waals surface area contributed by atoms with Gasteiger partial charge in [0.05, 0.1) is 17.7 Å². The largest absolute Gasteiger partial charge is 0.493 e. The summed E-state index contributed by atoms with van der Waals surface area (Å²) in [5.74, 6) is 1.79. The molecular formula is C25H28ClN7O4. The Balaban J connectivity index is 0.00000380. The van der Waals surface area contributed by atoms with Gasteiger partial charge in [0.25, 0.3) is 5.69 Å². The normalized spacial score (nSPS) is 10.4. The standard InChI is InChI=1S/C25H27N7O4.ClH/c1-18-3-8-21(9-4-18)31-25(28-29-30-31)17-36-23-12-5-19(15-24(23)35-2)16-26-13-14-27-20-6-10-22(11-7-20)32(33)34;/h3-12,15,26-27H,13-14,16-17H2,1-2H3;1H. The number of non-ortho nitro benzene ring substituents is 1. The van der Waals surface area contributed by atoms with Crippen LogP contribution in [0.4, 0.5) is 11.4 Å². The number of hydrogen-bond donors (Lipinski definition) is 2. The quantitative estimate of drug-likeness (QED) is 0.159. The number of rotatable bonds is 12. The summed E-state index contributed by atoms with van der Waals surface area (Å²) in [4.78, 5) is 10.3. The van der Waals surface area contributed by atoms with Crippen molar-refractivity contribution in [1.29, 1.82) is 0 Å². The van der Waals surface area contributed by atoms with Gasteiger partial charge in [-0.3, -0.25) is 10.1 Å². The van der Waals surface area contributed by atoms with Crippen LogP contribution in [0.15, 0.2) is 66.7 Å². The number of tetrazole rings is 1. The van der Waals surface area contributed by atoms with E-state index in [0.717, 1.165) is 22.5 Å². The van der Waals surface area contributed by atoms with Crippen LogP contribution in [-0.4, -0.2) is 45.3 Å². The molecular weight excluding hydrogens is 498 g/mol. The number of methoxy groups -OCH3 is 1. The maximum absolute atomic E-state index is 10.7. The van der Waals surface area contributed by atoms with Gasteiger partial charge >= 0.3 is 0 Å². The summed E-state index contributed by atoms with van der Waals surface area (Å²) in [6, 6.07) is 20.0. The Morgan fingerprint density at radius 3 is 2.46 bits per heavy atom. The predicted molar refractivity (Wildman–Crippen MR) is 142 cm³/mol. The zero-order valence-electron chi connectivity index (χ0n) is 20.5.